The molecule has 2 rings (SSSR count). The first-order valence-corrected chi connectivity index (χ1v) is 6.95. The summed E-state index contributed by atoms with van der Waals surface area (Å²) in [5.41, 5.74) is 7.73. The molecule has 0 aromatic heterocycles. The van der Waals surface area contributed by atoms with E-state index in [1.54, 1.807) is 23.9 Å². The van der Waals surface area contributed by atoms with Gasteiger partial charge in [-0.15, -0.1) is 11.8 Å². The average Bonchev–Trinajstić information content (AvgIpc) is 2.37. The Morgan fingerprint density at radius 1 is 1.06 bits per heavy atom. The van der Waals surface area contributed by atoms with Gasteiger partial charge in [0, 0.05) is 10.6 Å². The molecular weight excluding hydrogens is 245 g/mol. The van der Waals surface area contributed by atoms with E-state index in [4.69, 9.17) is 5.73 Å². The molecule has 0 unspecified atom stereocenters. The molecule has 0 bridgehead atoms. The van der Waals surface area contributed by atoms with Crippen molar-refractivity contribution < 1.29 is 4.39 Å². The highest BCUT2D eigenvalue weighted by atomic mass is 32.2. The van der Waals surface area contributed by atoms with Crippen molar-refractivity contribution in [3.8, 4) is 0 Å². The molecule has 0 radical (unpaired) electrons. The predicted molar refractivity (Wildman–Crippen MR) is 76.3 cm³/mol. The van der Waals surface area contributed by atoms with Crippen LogP contribution >= 0.6 is 11.8 Å². The van der Waals surface area contributed by atoms with Crippen molar-refractivity contribution in [3.05, 3.63) is 59.9 Å². The Hall–Kier alpha value is -1.48. The second-order valence-corrected chi connectivity index (χ2v) is 5.32. The monoisotopic (exact) mass is 261 g/mol. The predicted octanol–water partition coefficient (Wildman–Crippen LogP) is 4.13. The fourth-order valence-corrected chi connectivity index (χ4v) is 2.60. The lowest BCUT2D eigenvalue weighted by molar-refractivity contribution is 0.624. The summed E-state index contributed by atoms with van der Waals surface area (Å²) in [6.45, 7) is 0. The number of benzene rings is 2. The van der Waals surface area contributed by atoms with Gasteiger partial charge in [-0.05, 0) is 54.5 Å². The van der Waals surface area contributed by atoms with Crippen molar-refractivity contribution >= 4 is 17.4 Å². The second kappa shape index (κ2) is 6.45. The van der Waals surface area contributed by atoms with E-state index in [1.165, 1.54) is 11.6 Å². The number of nitrogen functional groups attached to an aromatic ring is 1. The first-order valence-electron chi connectivity index (χ1n) is 5.97. The molecule has 2 aromatic rings. The molecule has 18 heavy (non-hydrogen) atoms. The van der Waals surface area contributed by atoms with Gasteiger partial charge in [0.25, 0.3) is 0 Å². The van der Waals surface area contributed by atoms with E-state index >= 15 is 0 Å². The molecule has 2 N–H and O–H groups in total. The minimum atomic E-state index is -0.168. The molecule has 0 saturated carbocycles. The van der Waals surface area contributed by atoms with E-state index in [0.717, 1.165) is 29.2 Å². The summed E-state index contributed by atoms with van der Waals surface area (Å²) in [5, 5.41) is 0. The molecule has 0 aliphatic rings. The standard InChI is InChI=1S/C15H16FNS/c16-13-4-1-5-15(11-13)18-10-2-3-12-6-8-14(17)9-7-12/h1,4-9,11H,2-3,10,17H2. The van der Waals surface area contributed by atoms with Gasteiger partial charge in [-0.25, -0.2) is 4.39 Å². The van der Waals surface area contributed by atoms with Crippen molar-refractivity contribution in [1.82, 2.24) is 0 Å². The first-order chi connectivity index (χ1) is 8.74. The average molecular weight is 261 g/mol. The Balaban J connectivity index is 1.74. The summed E-state index contributed by atoms with van der Waals surface area (Å²) in [4.78, 5) is 0.993. The fourth-order valence-electron chi connectivity index (χ4n) is 1.71. The van der Waals surface area contributed by atoms with E-state index < -0.39 is 0 Å². The smallest absolute Gasteiger partial charge is 0.124 e. The lowest BCUT2D eigenvalue weighted by Crippen LogP contribution is -1.89. The number of aryl methyl sites for hydroxylation is 1. The van der Waals surface area contributed by atoms with Crippen molar-refractivity contribution in [2.75, 3.05) is 11.5 Å². The van der Waals surface area contributed by atoms with Crippen molar-refractivity contribution in [2.24, 2.45) is 0 Å². The van der Waals surface area contributed by atoms with Crippen molar-refractivity contribution in [2.45, 2.75) is 17.7 Å². The summed E-state index contributed by atoms with van der Waals surface area (Å²) in [6.07, 6.45) is 2.10. The van der Waals surface area contributed by atoms with Crippen LogP contribution in [0.1, 0.15) is 12.0 Å². The Morgan fingerprint density at radius 2 is 1.83 bits per heavy atom. The SMILES string of the molecule is Nc1ccc(CCCSc2cccc(F)c2)cc1. The largest absolute Gasteiger partial charge is 0.399 e. The lowest BCUT2D eigenvalue weighted by Gasteiger charge is -2.03. The Labute approximate surface area is 111 Å². The normalized spacial score (nSPS) is 10.5. The van der Waals surface area contributed by atoms with Crippen LogP contribution in [0.4, 0.5) is 10.1 Å². The molecule has 0 aliphatic carbocycles. The van der Waals surface area contributed by atoms with Crippen LogP contribution in [0.3, 0.4) is 0 Å². The number of rotatable bonds is 5. The van der Waals surface area contributed by atoms with Gasteiger partial charge in [0.2, 0.25) is 0 Å². The van der Waals surface area contributed by atoms with E-state index in [-0.39, 0.29) is 5.82 Å². The molecule has 0 aliphatic heterocycles. The molecule has 0 heterocycles. The fraction of sp³-hybridized carbons (Fsp3) is 0.200. The maximum Gasteiger partial charge on any atom is 0.124 e. The van der Waals surface area contributed by atoms with Crippen molar-refractivity contribution in [3.63, 3.8) is 0 Å². The highest BCUT2D eigenvalue weighted by Gasteiger charge is 1.97. The number of anilines is 1. The van der Waals surface area contributed by atoms with Crippen LogP contribution in [0.25, 0.3) is 0 Å². The van der Waals surface area contributed by atoms with Gasteiger partial charge in [-0.1, -0.05) is 18.2 Å². The molecule has 2 aromatic carbocycles. The van der Waals surface area contributed by atoms with E-state index in [1.807, 2.05) is 18.2 Å². The summed E-state index contributed by atoms with van der Waals surface area (Å²) < 4.78 is 13.0. The molecule has 3 heteroatoms. The third-order valence-corrected chi connectivity index (χ3v) is 3.73. The highest BCUT2D eigenvalue weighted by Crippen LogP contribution is 2.20. The van der Waals surface area contributed by atoms with E-state index in [9.17, 15) is 4.39 Å². The van der Waals surface area contributed by atoms with Gasteiger partial charge in [0.15, 0.2) is 0 Å². The summed E-state index contributed by atoms with van der Waals surface area (Å²) in [7, 11) is 0. The maximum absolute atomic E-state index is 13.0. The van der Waals surface area contributed by atoms with E-state index in [2.05, 4.69) is 12.1 Å². The van der Waals surface area contributed by atoms with Gasteiger partial charge in [0.05, 0.1) is 0 Å². The van der Waals surface area contributed by atoms with Crippen LogP contribution in [0.15, 0.2) is 53.4 Å². The maximum atomic E-state index is 13.0. The Kier molecular flexibility index (Phi) is 4.65. The summed E-state index contributed by atoms with van der Waals surface area (Å²) in [5.74, 6) is 0.826. The van der Waals surface area contributed by atoms with Crippen molar-refractivity contribution in [1.29, 1.82) is 0 Å². The van der Waals surface area contributed by atoms with Crippen LogP contribution in [-0.4, -0.2) is 5.75 Å². The molecule has 0 amide bonds. The third kappa shape index (κ3) is 4.08. The van der Waals surface area contributed by atoms with Gasteiger partial charge in [0.1, 0.15) is 5.82 Å². The number of halogens is 1. The molecule has 0 atom stereocenters. The lowest BCUT2D eigenvalue weighted by atomic mass is 10.1. The van der Waals surface area contributed by atoms with E-state index in [0.29, 0.717) is 0 Å². The summed E-state index contributed by atoms with van der Waals surface area (Å²) in [6, 6.07) is 14.7. The number of thioether (sulfide) groups is 1. The van der Waals surface area contributed by atoms with Gasteiger partial charge < -0.3 is 5.73 Å². The van der Waals surface area contributed by atoms with Crippen LogP contribution < -0.4 is 5.73 Å². The number of hydrogen-bond acceptors (Lipinski definition) is 2. The molecular formula is C15H16FNS. The molecule has 1 nitrogen and oxygen atoms in total. The van der Waals surface area contributed by atoms with Gasteiger partial charge in [-0.3, -0.25) is 0 Å². The molecule has 0 spiro atoms. The number of nitrogens with two attached hydrogens (primary N) is 1. The first kappa shape index (κ1) is 13.0. The Morgan fingerprint density at radius 3 is 2.56 bits per heavy atom. The molecule has 0 fully saturated rings. The highest BCUT2D eigenvalue weighted by molar-refractivity contribution is 7.99. The van der Waals surface area contributed by atoms with Crippen LogP contribution in [-0.2, 0) is 6.42 Å². The zero-order valence-corrected chi connectivity index (χ0v) is 10.9. The topological polar surface area (TPSA) is 26.0 Å². The quantitative estimate of drug-likeness (QED) is 0.497. The minimum absolute atomic E-state index is 0.168. The van der Waals surface area contributed by atoms with Gasteiger partial charge >= 0.3 is 0 Å². The van der Waals surface area contributed by atoms with Gasteiger partial charge in [-0.2, -0.15) is 0 Å². The zero-order chi connectivity index (χ0) is 12.8. The molecule has 94 valence electrons. The van der Waals surface area contributed by atoms with Crippen LogP contribution in [0.5, 0.6) is 0 Å². The minimum Gasteiger partial charge on any atom is -0.399 e. The third-order valence-electron chi connectivity index (χ3n) is 2.65. The summed E-state index contributed by atoms with van der Waals surface area (Å²) >= 11 is 1.69. The second-order valence-electron chi connectivity index (χ2n) is 4.15. The van der Waals surface area contributed by atoms with Crippen LogP contribution in [0, 0.1) is 5.82 Å². The Bertz CT molecular complexity index is 496. The van der Waals surface area contributed by atoms with Crippen LogP contribution in [0.2, 0.25) is 0 Å². The number of hydrogen-bond donors (Lipinski definition) is 1. The zero-order valence-electron chi connectivity index (χ0n) is 10.1. The molecule has 0 saturated heterocycles.